The molecule has 0 saturated heterocycles. The van der Waals surface area contributed by atoms with Gasteiger partial charge < -0.3 is 0 Å². The van der Waals surface area contributed by atoms with E-state index in [0.29, 0.717) is 11.7 Å². The molecule has 1 nitrogen and oxygen atoms in total. The number of hydrogen-bond acceptors (Lipinski definition) is 2. The number of thioether (sulfide) groups is 1. The third-order valence-electron chi connectivity index (χ3n) is 3.55. The monoisotopic (exact) mass is 228 g/mol. The van der Waals surface area contributed by atoms with E-state index in [9.17, 15) is 4.79 Å². The summed E-state index contributed by atoms with van der Waals surface area (Å²) in [5.41, 5.74) is 0. The quantitative estimate of drug-likeness (QED) is 0.685. The van der Waals surface area contributed by atoms with Gasteiger partial charge in [0.25, 0.3) is 0 Å². The molecule has 0 unspecified atom stereocenters. The second-order valence-corrected chi connectivity index (χ2v) is 5.63. The lowest BCUT2D eigenvalue weighted by Gasteiger charge is -2.27. The zero-order valence-electron chi connectivity index (χ0n) is 10.1. The van der Waals surface area contributed by atoms with Crippen molar-refractivity contribution in [3.8, 4) is 0 Å². The highest BCUT2D eigenvalue weighted by molar-refractivity contribution is 7.99. The number of hydrogen-bond donors (Lipinski definition) is 0. The zero-order valence-corrected chi connectivity index (χ0v) is 10.9. The maximum absolute atomic E-state index is 11.7. The van der Waals surface area contributed by atoms with Crippen LogP contribution in [0, 0.1) is 11.8 Å². The topological polar surface area (TPSA) is 17.1 Å². The van der Waals surface area contributed by atoms with Gasteiger partial charge in [-0.3, -0.25) is 4.79 Å². The third-order valence-corrected chi connectivity index (χ3v) is 4.13. The largest absolute Gasteiger partial charge is 0.298 e. The van der Waals surface area contributed by atoms with Crippen molar-refractivity contribution in [1.82, 2.24) is 0 Å². The second-order valence-electron chi connectivity index (χ2n) is 4.76. The standard InChI is InChI=1S/C13H24OS/c1-3-4-5-11-6-8-12(9-7-11)13(14)10-15-2/h11-12H,3-10H2,1-2H3. The van der Waals surface area contributed by atoms with E-state index in [-0.39, 0.29) is 0 Å². The van der Waals surface area contributed by atoms with Crippen LogP contribution in [0.2, 0.25) is 0 Å². The van der Waals surface area contributed by atoms with E-state index in [0.717, 1.165) is 24.5 Å². The summed E-state index contributed by atoms with van der Waals surface area (Å²) in [4.78, 5) is 11.7. The first-order valence-electron chi connectivity index (χ1n) is 6.29. The lowest BCUT2D eigenvalue weighted by Crippen LogP contribution is -2.23. The van der Waals surface area contributed by atoms with Gasteiger partial charge in [0, 0.05) is 5.92 Å². The highest BCUT2D eigenvalue weighted by Gasteiger charge is 2.25. The van der Waals surface area contributed by atoms with E-state index in [1.807, 2.05) is 6.26 Å². The Morgan fingerprint density at radius 2 is 1.93 bits per heavy atom. The van der Waals surface area contributed by atoms with E-state index >= 15 is 0 Å². The first-order valence-corrected chi connectivity index (χ1v) is 7.69. The Bertz CT molecular complexity index is 183. The van der Waals surface area contributed by atoms with Crippen molar-refractivity contribution < 1.29 is 4.79 Å². The second kappa shape index (κ2) is 7.32. The molecule has 0 aromatic heterocycles. The fourth-order valence-corrected chi connectivity index (χ4v) is 3.05. The summed E-state index contributed by atoms with van der Waals surface area (Å²) < 4.78 is 0. The van der Waals surface area contributed by atoms with Gasteiger partial charge in [0.1, 0.15) is 5.78 Å². The number of ketones is 1. The highest BCUT2D eigenvalue weighted by atomic mass is 32.2. The van der Waals surface area contributed by atoms with Gasteiger partial charge in [-0.2, -0.15) is 11.8 Å². The fourth-order valence-electron chi connectivity index (χ4n) is 2.53. The van der Waals surface area contributed by atoms with E-state index in [4.69, 9.17) is 0 Å². The van der Waals surface area contributed by atoms with Crippen molar-refractivity contribution in [3.05, 3.63) is 0 Å². The Labute approximate surface area is 98.4 Å². The van der Waals surface area contributed by atoms with Crippen LogP contribution < -0.4 is 0 Å². The minimum atomic E-state index is 0.398. The maximum Gasteiger partial charge on any atom is 0.145 e. The van der Waals surface area contributed by atoms with Crippen molar-refractivity contribution in [3.63, 3.8) is 0 Å². The van der Waals surface area contributed by atoms with Gasteiger partial charge in [0.15, 0.2) is 0 Å². The minimum absolute atomic E-state index is 0.398. The molecule has 1 aliphatic carbocycles. The maximum atomic E-state index is 11.7. The predicted octanol–water partition coefficient (Wildman–Crippen LogP) is 3.92. The van der Waals surface area contributed by atoms with Crippen molar-refractivity contribution in [1.29, 1.82) is 0 Å². The predicted molar refractivity (Wildman–Crippen MR) is 68.4 cm³/mol. The molecule has 1 rings (SSSR count). The molecule has 0 amide bonds. The third kappa shape index (κ3) is 4.58. The van der Waals surface area contributed by atoms with E-state index < -0.39 is 0 Å². The van der Waals surface area contributed by atoms with Crippen LogP contribution in [0.1, 0.15) is 51.9 Å². The normalized spacial score (nSPS) is 26.5. The molecule has 0 N–H and O–H groups in total. The van der Waals surface area contributed by atoms with Crippen LogP contribution in [0.25, 0.3) is 0 Å². The number of carbonyl (C=O) groups excluding carboxylic acids is 1. The van der Waals surface area contributed by atoms with Crippen molar-refractivity contribution in [2.24, 2.45) is 11.8 Å². The SMILES string of the molecule is CCCCC1CCC(C(=O)CSC)CC1. The summed E-state index contributed by atoms with van der Waals surface area (Å²) in [5.74, 6) is 2.54. The zero-order chi connectivity index (χ0) is 11.1. The van der Waals surface area contributed by atoms with E-state index in [1.54, 1.807) is 11.8 Å². The molecule has 1 saturated carbocycles. The number of carbonyl (C=O) groups is 1. The number of rotatable bonds is 6. The highest BCUT2D eigenvalue weighted by Crippen LogP contribution is 2.32. The van der Waals surface area contributed by atoms with Crippen LogP contribution in [-0.2, 0) is 4.79 Å². The summed E-state index contributed by atoms with van der Waals surface area (Å²) in [6.45, 7) is 2.26. The Balaban J connectivity index is 2.20. The van der Waals surface area contributed by atoms with E-state index in [2.05, 4.69) is 6.92 Å². The van der Waals surface area contributed by atoms with Gasteiger partial charge in [-0.25, -0.2) is 0 Å². The Morgan fingerprint density at radius 1 is 1.27 bits per heavy atom. The molecule has 0 spiro atoms. The molecular formula is C13H24OS. The molecule has 15 heavy (non-hydrogen) atoms. The van der Waals surface area contributed by atoms with Gasteiger partial charge in [0.05, 0.1) is 5.75 Å². The van der Waals surface area contributed by atoms with Gasteiger partial charge in [-0.1, -0.05) is 26.2 Å². The molecular weight excluding hydrogens is 204 g/mol. The lowest BCUT2D eigenvalue weighted by molar-refractivity contribution is -0.121. The smallest absolute Gasteiger partial charge is 0.145 e. The molecule has 2 heteroatoms. The minimum Gasteiger partial charge on any atom is -0.298 e. The molecule has 1 fully saturated rings. The number of unbranched alkanes of at least 4 members (excludes halogenated alkanes) is 1. The molecule has 1 aliphatic rings. The summed E-state index contributed by atoms with van der Waals surface area (Å²) in [6.07, 6.45) is 11.0. The van der Waals surface area contributed by atoms with Gasteiger partial charge >= 0.3 is 0 Å². The van der Waals surface area contributed by atoms with Gasteiger partial charge in [-0.15, -0.1) is 0 Å². The van der Waals surface area contributed by atoms with Gasteiger partial charge in [-0.05, 0) is 37.9 Å². The van der Waals surface area contributed by atoms with Crippen molar-refractivity contribution >= 4 is 17.5 Å². The first-order chi connectivity index (χ1) is 7.27. The summed E-state index contributed by atoms with van der Waals surface area (Å²) in [5, 5.41) is 0. The molecule has 0 aromatic rings. The molecule has 0 aliphatic heterocycles. The first kappa shape index (κ1) is 13.1. The average Bonchev–Trinajstić information content (AvgIpc) is 2.27. The van der Waals surface area contributed by atoms with Crippen LogP contribution in [0.4, 0.5) is 0 Å². The average molecular weight is 228 g/mol. The Morgan fingerprint density at radius 3 is 2.47 bits per heavy atom. The molecule has 0 radical (unpaired) electrons. The van der Waals surface area contributed by atoms with Crippen LogP contribution in [0.5, 0.6) is 0 Å². The Kier molecular flexibility index (Phi) is 6.39. The summed E-state index contributed by atoms with van der Waals surface area (Å²) in [7, 11) is 0. The molecule has 0 bridgehead atoms. The molecule has 0 aromatic carbocycles. The summed E-state index contributed by atoms with van der Waals surface area (Å²) >= 11 is 1.67. The summed E-state index contributed by atoms with van der Waals surface area (Å²) in [6, 6.07) is 0. The molecule has 0 atom stereocenters. The fraction of sp³-hybridized carbons (Fsp3) is 0.923. The van der Waals surface area contributed by atoms with E-state index in [1.165, 1.54) is 32.1 Å². The number of Topliss-reactive ketones (excluding diaryl/α,β-unsaturated/α-hetero) is 1. The van der Waals surface area contributed by atoms with Crippen LogP contribution in [0.15, 0.2) is 0 Å². The van der Waals surface area contributed by atoms with Crippen LogP contribution >= 0.6 is 11.8 Å². The molecule has 88 valence electrons. The van der Waals surface area contributed by atoms with Crippen molar-refractivity contribution in [2.45, 2.75) is 51.9 Å². The van der Waals surface area contributed by atoms with Crippen LogP contribution in [-0.4, -0.2) is 17.8 Å². The van der Waals surface area contributed by atoms with Crippen molar-refractivity contribution in [2.75, 3.05) is 12.0 Å². The van der Waals surface area contributed by atoms with Crippen LogP contribution in [0.3, 0.4) is 0 Å². The van der Waals surface area contributed by atoms with Gasteiger partial charge in [0.2, 0.25) is 0 Å². The Hall–Kier alpha value is 0.0200. The molecule has 0 heterocycles. The lowest BCUT2D eigenvalue weighted by atomic mass is 9.78.